The Labute approximate surface area is 245 Å². The maximum absolute atomic E-state index is 12.7. The highest BCUT2D eigenvalue weighted by Gasteiger charge is 2.34. The van der Waals surface area contributed by atoms with E-state index in [-0.39, 0.29) is 17.4 Å². The van der Waals surface area contributed by atoms with Crippen molar-refractivity contribution >= 4 is 63.7 Å². The van der Waals surface area contributed by atoms with E-state index >= 15 is 0 Å². The number of alkyl halides is 3. The molecule has 3 aromatic rings. The minimum Gasteiger partial charge on any atom is -0.494 e. The van der Waals surface area contributed by atoms with Gasteiger partial charge in [0.1, 0.15) is 11.9 Å². The number of nitrogens with one attached hydrogen (secondary N) is 3. The minimum absolute atomic E-state index is 0.119. The number of amides is 1. The summed E-state index contributed by atoms with van der Waals surface area (Å²) in [6.45, 7) is 2.87. The topological polar surface area (TPSA) is 62.4 Å². The van der Waals surface area contributed by atoms with Gasteiger partial charge in [-0.1, -0.05) is 116 Å². The van der Waals surface area contributed by atoms with Crippen LogP contribution in [0.25, 0.3) is 11.1 Å². The maximum atomic E-state index is 12.7. The van der Waals surface area contributed by atoms with Crippen LogP contribution in [-0.2, 0) is 11.2 Å². The highest BCUT2D eigenvalue weighted by Crippen LogP contribution is 2.29. The molecule has 0 aliphatic heterocycles. The van der Waals surface area contributed by atoms with Crippen molar-refractivity contribution in [1.82, 2.24) is 10.6 Å². The first-order valence-electron chi connectivity index (χ1n) is 12.6. The van der Waals surface area contributed by atoms with E-state index in [1.54, 1.807) is 0 Å². The molecule has 0 saturated heterocycles. The van der Waals surface area contributed by atoms with Gasteiger partial charge in [0.15, 0.2) is 5.11 Å². The van der Waals surface area contributed by atoms with Crippen molar-refractivity contribution in [3.63, 3.8) is 0 Å². The number of hydrogen-bond donors (Lipinski definition) is 3. The standard InChI is InChI=1S/C29H32Cl3N3O2S/c1-2-3-4-8-19-37-25-17-15-24(16-18-25)33-28(38)35-27(29(30,31)32)34-26(36)20-21-11-13-23(14-12-21)22-9-6-5-7-10-22/h5-7,9-18,27H,2-4,8,19-20H2,1H3,(H,34,36)(H2,33,35,38). The van der Waals surface area contributed by atoms with E-state index in [1.807, 2.05) is 78.9 Å². The molecule has 0 aromatic heterocycles. The number of halogens is 3. The zero-order valence-corrected chi connectivity index (χ0v) is 24.3. The van der Waals surface area contributed by atoms with Crippen LogP contribution in [0.2, 0.25) is 0 Å². The van der Waals surface area contributed by atoms with E-state index < -0.39 is 9.96 Å². The van der Waals surface area contributed by atoms with Crippen molar-refractivity contribution in [1.29, 1.82) is 0 Å². The van der Waals surface area contributed by atoms with Gasteiger partial charge in [-0.15, -0.1) is 0 Å². The summed E-state index contributed by atoms with van der Waals surface area (Å²) in [4.78, 5) is 12.7. The third-order valence-electron chi connectivity index (χ3n) is 5.71. The zero-order chi connectivity index (χ0) is 27.4. The van der Waals surface area contributed by atoms with Crippen LogP contribution in [0.4, 0.5) is 5.69 Å². The fourth-order valence-electron chi connectivity index (χ4n) is 3.69. The lowest BCUT2D eigenvalue weighted by Crippen LogP contribution is -2.56. The summed E-state index contributed by atoms with van der Waals surface area (Å²) in [6.07, 6.45) is 3.68. The number of ether oxygens (including phenoxy) is 1. The summed E-state index contributed by atoms with van der Waals surface area (Å²) in [5, 5.41) is 8.84. The van der Waals surface area contributed by atoms with Crippen molar-refractivity contribution in [3.8, 4) is 16.9 Å². The second-order valence-electron chi connectivity index (χ2n) is 8.81. The number of benzene rings is 3. The molecule has 1 atom stereocenters. The van der Waals surface area contributed by atoms with Gasteiger partial charge >= 0.3 is 0 Å². The van der Waals surface area contributed by atoms with E-state index in [0.29, 0.717) is 6.61 Å². The van der Waals surface area contributed by atoms with E-state index in [0.717, 1.165) is 41.0 Å². The molecule has 0 bridgehead atoms. The first-order valence-corrected chi connectivity index (χ1v) is 14.1. The van der Waals surface area contributed by atoms with Crippen molar-refractivity contribution in [3.05, 3.63) is 84.4 Å². The SMILES string of the molecule is CCCCCCOc1ccc(NC(=S)NC(NC(=O)Cc2ccc(-c3ccccc3)cc2)C(Cl)(Cl)Cl)cc1. The van der Waals surface area contributed by atoms with Crippen LogP contribution >= 0.6 is 47.0 Å². The first-order chi connectivity index (χ1) is 18.2. The molecule has 38 heavy (non-hydrogen) atoms. The minimum atomic E-state index is -1.84. The highest BCUT2D eigenvalue weighted by molar-refractivity contribution is 7.80. The molecule has 0 fully saturated rings. The molecule has 0 radical (unpaired) electrons. The maximum Gasteiger partial charge on any atom is 0.228 e. The summed E-state index contributed by atoms with van der Waals surface area (Å²) < 4.78 is 3.93. The third-order valence-corrected chi connectivity index (χ3v) is 6.59. The fourth-order valence-corrected chi connectivity index (χ4v) is 4.26. The predicted molar refractivity (Wildman–Crippen MR) is 163 cm³/mol. The van der Waals surface area contributed by atoms with Crippen molar-refractivity contribution in [2.45, 2.75) is 49.0 Å². The van der Waals surface area contributed by atoms with Gasteiger partial charge < -0.3 is 20.7 Å². The van der Waals surface area contributed by atoms with Gasteiger partial charge in [0, 0.05) is 5.69 Å². The summed E-state index contributed by atoms with van der Waals surface area (Å²) in [7, 11) is 0. The summed E-state index contributed by atoms with van der Waals surface area (Å²) in [5.74, 6) is 0.471. The van der Waals surface area contributed by atoms with Gasteiger partial charge in [-0.3, -0.25) is 4.79 Å². The quantitative estimate of drug-likeness (QED) is 0.0872. The number of thiocarbonyl (C=S) groups is 1. The lowest BCUT2D eigenvalue weighted by Gasteiger charge is -2.28. The Morgan fingerprint density at radius 2 is 1.53 bits per heavy atom. The molecule has 5 nitrogen and oxygen atoms in total. The Morgan fingerprint density at radius 1 is 0.868 bits per heavy atom. The molecule has 202 valence electrons. The fraction of sp³-hybridized carbons (Fsp3) is 0.310. The average Bonchev–Trinajstić information content (AvgIpc) is 2.89. The summed E-state index contributed by atoms with van der Waals surface area (Å²) >= 11 is 23.8. The zero-order valence-electron chi connectivity index (χ0n) is 21.2. The molecule has 1 unspecified atom stereocenters. The molecular weight excluding hydrogens is 561 g/mol. The molecule has 3 rings (SSSR count). The predicted octanol–water partition coefficient (Wildman–Crippen LogP) is 7.65. The second-order valence-corrected chi connectivity index (χ2v) is 11.6. The van der Waals surface area contributed by atoms with Crippen molar-refractivity contribution in [2.75, 3.05) is 11.9 Å². The Balaban J connectivity index is 1.50. The van der Waals surface area contributed by atoms with E-state index in [1.165, 1.54) is 12.8 Å². The molecule has 0 aliphatic carbocycles. The average molecular weight is 593 g/mol. The van der Waals surface area contributed by atoms with Gasteiger partial charge in [0.05, 0.1) is 13.0 Å². The van der Waals surface area contributed by atoms with Crippen LogP contribution in [0.15, 0.2) is 78.9 Å². The Bertz CT molecular complexity index is 1150. The van der Waals surface area contributed by atoms with Crippen molar-refractivity contribution < 1.29 is 9.53 Å². The summed E-state index contributed by atoms with van der Waals surface area (Å²) in [6, 6.07) is 25.2. The molecule has 0 spiro atoms. The van der Waals surface area contributed by atoms with Gasteiger partial charge in [-0.05, 0) is 59.6 Å². The van der Waals surface area contributed by atoms with E-state index in [9.17, 15) is 4.79 Å². The van der Waals surface area contributed by atoms with E-state index in [4.69, 9.17) is 51.8 Å². The van der Waals surface area contributed by atoms with E-state index in [2.05, 4.69) is 22.9 Å². The molecule has 3 aromatic carbocycles. The Hall–Kier alpha value is -2.51. The molecule has 0 heterocycles. The Kier molecular flexibility index (Phi) is 12.0. The van der Waals surface area contributed by atoms with Crippen molar-refractivity contribution in [2.24, 2.45) is 0 Å². The van der Waals surface area contributed by atoms with Gasteiger partial charge in [-0.25, -0.2) is 0 Å². The number of carbonyl (C=O) groups excluding carboxylic acids is 1. The number of anilines is 1. The molecule has 1 amide bonds. The number of hydrogen-bond acceptors (Lipinski definition) is 3. The van der Waals surface area contributed by atoms with Crippen LogP contribution < -0.4 is 20.7 Å². The Morgan fingerprint density at radius 3 is 2.16 bits per heavy atom. The molecule has 0 aliphatic rings. The summed E-state index contributed by atoms with van der Waals surface area (Å²) in [5.41, 5.74) is 3.74. The second kappa shape index (κ2) is 15.2. The molecule has 0 saturated carbocycles. The lowest BCUT2D eigenvalue weighted by atomic mass is 10.0. The lowest BCUT2D eigenvalue weighted by molar-refractivity contribution is -0.121. The van der Waals surface area contributed by atoms with Gasteiger partial charge in [0.2, 0.25) is 9.70 Å². The van der Waals surface area contributed by atoms with Gasteiger partial charge in [0.25, 0.3) is 0 Å². The normalized spacial score (nSPS) is 11.9. The largest absolute Gasteiger partial charge is 0.494 e. The van der Waals surface area contributed by atoms with Crippen LogP contribution in [-0.4, -0.2) is 27.6 Å². The van der Waals surface area contributed by atoms with Crippen LogP contribution in [0.5, 0.6) is 5.75 Å². The number of rotatable bonds is 12. The van der Waals surface area contributed by atoms with Crippen LogP contribution in [0.3, 0.4) is 0 Å². The number of unbranched alkanes of at least 4 members (excludes halogenated alkanes) is 3. The third kappa shape index (κ3) is 10.3. The molecule has 3 N–H and O–H groups in total. The number of carbonyl (C=O) groups is 1. The monoisotopic (exact) mass is 591 g/mol. The van der Waals surface area contributed by atoms with Gasteiger partial charge in [-0.2, -0.15) is 0 Å². The smallest absolute Gasteiger partial charge is 0.228 e. The first kappa shape index (κ1) is 30.0. The molecular formula is C29H32Cl3N3O2S. The highest BCUT2D eigenvalue weighted by atomic mass is 35.6. The van der Waals surface area contributed by atoms with Crippen LogP contribution in [0.1, 0.15) is 38.2 Å². The molecule has 9 heteroatoms. The van der Waals surface area contributed by atoms with Crippen LogP contribution in [0, 0.1) is 0 Å².